The quantitative estimate of drug-likeness (QED) is 0.842. The summed E-state index contributed by atoms with van der Waals surface area (Å²) in [5.41, 5.74) is 1.20. The van der Waals surface area contributed by atoms with Crippen LogP contribution in [0.2, 0.25) is 0 Å². The number of amides is 1. The van der Waals surface area contributed by atoms with Crippen molar-refractivity contribution in [2.45, 2.75) is 6.04 Å². The number of carbonyl (C=O) groups excluding carboxylic acids is 1. The molecule has 1 N–H and O–H groups in total. The minimum Gasteiger partial charge on any atom is -0.493 e. The molecule has 144 valence electrons. The largest absolute Gasteiger partial charge is 0.493 e. The molecule has 6 nitrogen and oxygen atoms in total. The smallest absolute Gasteiger partial charge is 0.251 e. The second kappa shape index (κ2) is 8.26. The van der Waals surface area contributed by atoms with Gasteiger partial charge >= 0.3 is 0 Å². The van der Waals surface area contributed by atoms with Crippen molar-refractivity contribution in [2.75, 3.05) is 41.0 Å². The van der Waals surface area contributed by atoms with Gasteiger partial charge in [-0.2, -0.15) is 0 Å². The highest BCUT2D eigenvalue weighted by Crippen LogP contribution is 2.40. The zero-order valence-electron chi connectivity index (χ0n) is 15.6. The molecule has 1 aliphatic rings. The summed E-state index contributed by atoms with van der Waals surface area (Å²) >= 11 is 0. The van der Waals surface area contributed by atoms with Crippen LogP contribution in [-0.4, -0.2) is 51.8 Å². The van der Waals surface area contributed by atoms with Gasteiger partial charge in [0.25, 0.3) is 5.91 Å². The number of fused-ring (bicyclic) bond motifs is 1. The fraction of sp³-hybridized carbons (Fsp3) is 0.350. The van der Waals surface area contributed by atoms with E-state index in [9.17, 15) is 9.18 Å². The van der Waals surface area contributed by atoms with E-state index >= 15 is 0 Å². The molecule has 27 heavy (non-hydrogen) atoms. The average molecular weight is 374 g/mol. The minimum atomic E-state index is -0.303. The third-order valence-corrected chi connectivity index (χ3v) is 4.40. The zero-order valence-corrected chi connectivity index (χ0v) is 15.6. The van der Waals surface area contributed by atoms with Gasteiger partial charge in [0.15, 0.2) is 11.5 Å². The normalized spacial score (nSPS) is 14.0. The number of carbonyl (C=O) groups is 1. The van der Waals surface area contributed by atoms with Crippen LogP contribution in [0, 0.1) is 5.82 Å². The molecule has 0 unspecified atom stereocenters. The summed E-state index contributed by atoms with van der Waals surface area (Å²) in [5, 5.41) is 2.90. The number of nitrogens with one attached hydrogen (secondary N) is 1. The Labute approximate surface area is 157 Å². The number of hydrogen-bond acceptors (Lipinski definition) is 5. The van der Waals surface area contributed by atoms with Crippen molar-refractivity contribution in [2.24, 2.45) is 0 Å². The molecule has 0 saturated carbocycles. The summed E-state index contributed by atoms with van der Waals surface area (Å²) in [6.07, 6.45) is 0. The molecule has 0 bridgehead atoms. The Kier molecular flexibility index (Phi) is 5.81. The molecule has 2 aromatic rings. The van der Waals surface area contributed by atoms with Gasteiger partial charge in [-0.05, 0) is 43.9 Å². The maximum absolute atomic E-state index is 13.6. The number of likely N-dealkylation sites (N-methyl/N-ethyl adjacent to an activating group) is 1. The highest BCUT2D eigenvalue weighted by molar-refractivity contribution is 5.95. The Balaban J connectivity index is 1.76. The highest BCUT2D eigenvalue weighted by atomic mass is 19.1. The Hall–Kier alpha value is -2.80. The van der Waals surface area contributed by atoms with E-state index in [1.165, 1.54) is 19.2 Å². The lowest BCUT2D eigenvalue weighted by Crippen LogP contribution is -2.34. The molecular formula is C20H23FN2O4. The Morgan fingerprint density at radius 3 is 2.74 bits per heavy atom. The van der Waals surface area contributed by atoms with E-state index in [4.69, 9.17) is 14.2 Å². The summed E-state index contributed by atoms with van der Waals surface area (Å²) in [6.45, 7) is 1.18. The van der Waals surface area contributed by atoms with Gasteiger partial charge < -0.3 is 24.4 Å². The lowest BCUT2D eigenvalue weighted by molar-refractivity contribution is 0.0940. The van der Waals surface area contributed by atoms with Gasteiger partial charge in [-0.3, -0.25) is 4.79 Å². The molecule has 3 rings (SSSR count). The van der Waals surface area contributed by atoms with Crippen LogP contribution in [0.25, 0.3) is 0 Å². The van der Waals surface area contributed by atoms with E-state index in [0.29, 0.717) is 42.6 Å². The molecular weight excluding hydrogens is 351 g/mol. The molecule has 1 amide bonds. The van der Waals surface area contributed by atoms with Crippen LogP contribution in [0.5, 0.6) is 17.2 Å². The molecule has 2 aromatic carbocycles. The van der Waals surface area contributed by atoms with E-state index in [0.717, 1.165) is 5.56 Å². The maximum Gasteiger partial charge on any atom is 0.251 e. The minimum absolute atomic E-state index is 0.163. The SMILES string of the molecule is COc1cc(C(=O)NC[C@H](c2cccc(F)c2)N(C)C)cc2c1OCCO2. The van der Waals surface area contributed by atoms with E-state index in [-0.39, 0.29) is 17.8 Å². The molecule has 1 heterocycles. The van der Waals surface area contributed by atoms with Crippen LogP contribution >= 0.6 is 0 Å². The van der Waals surface area contributed by atoms with Crippen LogP contribution in [0.4, 0.5) is 4.39 Å². The van der Waals surface area contributed by atoms with Crippen LogP contribution in [0.3, 0.4) is 0 Å². The average Bonchev–Trinajstić information content (AvgIpc) is 2.66. The van der Waals surface area contributed by atoms with Gasteiger partial charge in [-0.1, -0.05) is 12.1 Å². The third kappa shape index (κ3) is 4.31. The molecule has 7 heteroatoms. The van der Waals surface area contributed by atoms with Crippen LogP contribution < -0.4 is 19.5 Å². The molecule has 0 aliphatic carbocycles. The zero-order chi connectivity index (χ0) is 19.4. The Morgan fingerprint density at radius 2 is 2.04 bits per heavy atom. The van der Waals surface area contributed by atoms with Crippen LogP contribution in [0.1, 0.15) is 22.0 Å². The van der Waals surface area contributed by atoms with Crippen molar-refractivity contribution in [1.82, 2.24) is 10.2 Å². The lowest BCUT2D eigenvalue weighted by atomic mass is 10.1. The first-order valence-corrected chi connectivity index (χ1v) is 8.67. The predicted octanol–water partition coefficient (Wildman–Crippen LogP) is 2.64. The summed E-state index contributed by atoms with van der Waals surface area (Å²) in [5.74, 6) is 0.869. The van der Waals surface area contributed by atoms with E-state index < -0.39 is 0 Å². The topological polar surface area (TPSA) is 60.0 Å². The van der Waals surface area contributed by atoms with Gasteiger partial charge in [0, 0.05) is 12.1 Å². The molecule has 0 radical (unpaired) electrons. The second-order valence-corrected chi connectivity index (χ2v) is 6.45. The maximum atomic E-state index is 13.6. The molecule has 1 aliphatic heterocycles. The van der Waals surface area contributed by atoms with E-state index in [2.05, 4.69) is 5.32 Å². The first kappa shape index (κ1) is 19.0. The Morgan fingerprint density at radius 1 is 1.26 bits per heavy atom. The number of methoxy groups -OCH3 is 1. The van der Waals surface area contributed by atoms with Crippen molar-refractivity contribution >= 4 is 5.91 Å². The fourth-order valence-electron chi connectivity index (χ4n) is 3.01. The van der Waals surface area contributed by atoms with Gasteiger partial charge in [0.1, 0.15) is 19.0 Å². The highest BCUT2D eigenvalue weighted by Gasteiger charge is 2.22. The van der Waals surface area contributed by atoms with Gasteiger partial charge in [0.05, 0.1) is 13.2 Å². The van der Waals surface area contributed by atoms with Crippen molar-refractivity contribution in [1.29, 1.82) is 0 Å². The van der Waals surface area contributed by atoms with Crippen molar-refractivity contribution in [3.63, 3.8) is 0 Å². The number of nitrogens with zero attached hydrogens (tertiary/aromatic N) is 1. The number of rotatable bonds is 6. The van der Waals surface area contributed by atoms with Gasteiger partial charge in [0.2, 0.25) is 5.75 Å². The first-order chi connectivity index (χ1) is 13.0. The monoisotopic (exact) mass is 374 g/mol. The molecule has 0 aromatic heterocycles. The molecule has 0 fully saturated rings. The summed E-state index contributed by atoms with van der Waals surface area (Å²) in [7, 11) is 5.28. The van der Waals surface area contributed by atoms with Crippen molar-refractivity contribution < 1.29 is 23.4 Å². The standard InChI is InChI=1S/C20H23FN2O4/c1-23(2)16(13-5-4-6-15(21)9-13)12-22-20(24)14-10-17(25-3)19-18(11-14)26-7-8-27-19/h4-6,9-11,16H,7-8,12H2,1-3H3,(H,22,24)/t16-/m1/s1. The number of ether oxygens (including phenoxy) is 3. The fourth-order valence-corrected chi connectivity index (χ4v) is 3.01. The molecule has 0 saturated heterocycles. The van der Waals surface area contributed by atoms with Gasteiger partial charge in [-0.15, -0.1) is 0 Å². The van der Waals surface area contributed by atoms with Crippen LogP contribution in [-0.2, 0) is 0 Å². The number of halogens is 1. The Bertz CT molecular complexity index is 808. The second-order valence-electron chi connectivity index (χ2n) is 6.45. The summed E-state index contributed by atoms with van der Waals surface area (Å²) in [6, 6.07) is 9.47. The number of hydrogen-bond donors (Lipinski definition) is 1. The molecule has 1 atom stereocenters. The lowest BCUT2D eigenvalue weighted by Gasteiger charge is -2.25. The van der Waals surface area contributed by atoms with Gasteiger partial charge in [-0.25, -0.2) is 4.39 Å². The van der Waals surface area contributed by atoms with Crippen molar-refractivity contribution in [3.8, 4) is 17.2 Å². The van der Waals surface area contributed by atoms with E-state index in [1.54, 1.807) is 18.2 Å². The molecule has 0 spiro atoms. The predicted molar refractivity (Wildman–Crippen MR) is 99.1 cm³/mol. The summed E-state index contributed by atoms with van der Waals surface area (Å²) < 4.78 is 30.0. The van der Waals surface area contributed by atoms with Crippen molar-refractivity contribution in [3.05, 3.63) is 53.3 Å². The third-order valence-electron chi connectivity index (χ3n) is 4.40. The summed E-state index contributed by atoms with van der Waals surface area (Å²) in [4.78, 5) is 14.6. The van der Waals surface area contributed by atoms with E-state index in [1.807, 2.05) is 25.1 Å². The van der Waals surface area contributed by atoms with Crippen LogP contribution in [0.15, 0.2) is 36.4 Å². The first-order valence-electron chi connectivity index (χ1n) is 8.67. The number of benzene rings is 2.